The lowest BCUT2D eigenvalue weighted by Crippen LogP contribution is -2.29. The summed E-state index contributed by atoms with van der Waals surface area (Å²) in [4.78, 5) is 19.8. The molecule has 31 heavy (non-hydrogen) atoms. The standard InChI is InChI=1S/C24H23Cl2N3OS/c1-18(31-23-12-21(25)11-22(26)13-23)24(15-28-14-19-7-9-27-10-8-19)29(17-30)16-20-5-3-2-4-6-20/h2-13,17,28H,14-16H2,1H3/b24-18+. The molecule has 4 nitrogen and oxygen atoms in total. The molecule has 1 heterocycles. The molecule has 0 saturated carbocycles. The van der Waals surface area contributed by atoms with Crippen LogP contribution in [0.4, 0.5) is 0 Å². The summed E-state index contributed by atoms with van der Waals surface area (Å²) in [7, 11) is 0. The Morgan fingerprint density at radius 3 is 2.35 bits per heavy atom. The highest BCUT2D eigenvalue weighted by molar-refractivity contribution is 8.03. The van der Waals surface area contributed by atoms with Gasteiger partial charge in [0.15, 0.2) is 0 Å². The molecular formula is C24H23Cl2N3OS. The molecule has 0 radical (unpaired) electrons. The van der Waals surface area contributed by atoms with Gasteiger partial charge in [-0.05, 0) is 48.4 Å². The van der Waals surface area contributed by atoms with Crippen molar-refractivity contribution < 1.29 is 4.79 Å². The Balaban J connectivity index is 1.83. The number of nitrogens with zero attached hydrogens (tertiary/aromatic N) is 2. The van der Waals surface area contributed by atoms with Crippen LogP contribution in [0.25, 0.3) is 0 Å². The molecule has 7 heteroatoms. The summed E-state index contributed by atoms with van der Waals surface area (Å²) < 4.78 is 0. The van der Waals surface area contributed by atoms with Gasteiger partial charge in [-0.3, -0.25) is 9.78 Å². The van der Waals surface area contributed by atoms with Crippen molar-refractivity contribution in [3.8, 4) is 0 Å². The predicted molar refractivity (Wildman–Crippen MR) is 129 cm³/mol. The largest absolute Gasteiger partial charge is 0.312 e. The van der Waals surface area contributed by atoms with Crippen LogP contribution in [0.3, 0.4) is 0 Å². The van der Waals surface area contributed by atoms with Crippen LogP contribution in [0.15, 0.2) is 88.6 Å². The number of allylic oxidation sites excluding steroid dienone is 1. The van der Waals surface area contributed by atoms with Crippen LogP contribution in [0.1, 0.15) is 18.1 Å². The molecular weight excluding hydrogens is 449 g/mol. The number of hydrogen-bond donors (Lipinski definition) is 1. The van der Waals surface area contributed by atoms with E-state index in [0.29, 0.717) is 29.7 Å². The van der Waals surface area contributed by atoms with Crippen molar-refractivity contribution in [3.05, 3.63) is 105 Å². The summed E-state index contributed by atoms with van der Waals surface area (Å²) in [5.41, 5.74) is 3.08. The highest BCUT2D eigenvalue weighted by Gasteiger charge is 2.14. The number of aromatic nitrogens is 1. The Morgan fingerprint density at radius 1 is 1.03 bits per heavy atom. The molecule has 0 fully saturated rings. The third kappa shape index (κ3) is 7.40. The van der Waals surface area contributed by atoms with Crippen molar-refractivity contribution in [1.82, 2.24) is 15.2 Å². The average molecular weight is 472 g/mol. The summed E-state index contributed by atoms with van der Waals surface area (Å²) in [5.74, 6) is 0. The van der Waals surface area contributed by atoms with Gasteiger partial charge in [-0.15, -0.1) is 0 Å². The highest BCUT2D eigenvalue weighted by Crippen LogP contribution is 2.33. The Morgan fingerprint density at radius 2 is 1.71 bits per heavy atom. The van der Waals surface area contributed by atoms with E-state index in [1.54, 1.807) is 35.1 Å². The molecule has 0 spiro atoms. The molecule has 0 saturated heterocycles. The fourth-order valence-corrected chi connectivity index (χ4v) is 4.74. The van der Waals surface area contributed by atoms with Gasteiger partial charge in [0.25, 0.3) is 0 Å². The lowest BCUT2D eigenvalue weighted by molar-refractivity contribution is -0.117. The van der Waals surface area contributed by atoms with E-state index in [-0.39, 0.29) is 0 Å². The lowest BCUT2D eigenvalue weighted by atomic mass is 10.2. The van der Waals surface area contributed by atoms with Crippen LogP contribution < -0.4 is 5.32 Å². The Kier molecular flexibility index (Phi) is 8.98. The molecule has 1 N–H and O–H groups in total. The first kappa shape index (κ1) is 23.4. The second kappa shape index (κ2) is 11.9. The first-order chi connectivity index (χ1) is 15.0. The van der Waals surface area contributed by atoms with E-state index in [0.717, 1.165) is 33.0 Å². The molecule has 160 valence electrons. The van der Waals surface area contributed by atoms with Crippen LogP contribution >= 0.6 is 35.0 Å². The van der Waals surface area contributed by atoms with E-state index in [1.807, 2.05) is 61.5 Å². The molecule has 1 aromatic heterocycles. The quantitative estimate of drug-likeness (QED) is 0.284. The molecule has 0 aliphatic rings. The molecule has 0 aliphatic heterocycles. The van der Waals surface area contributed by atoms with Gasteiger partial charge in [0.05, 0.1) is 6.54 Å². The van der Waals surface area contributed by atoms with Crippen molar-refractivity contribution in [2.45, 2.75) is 24.9 Å². The van der Waals surface area contributed by atoms with Gasteiger partial charge < -0.3 is 10.2 Å². The van der Waals surface area contributed by atoms with Crippen molar-refractivity contribution in [1.29, 1.82) is 0 Å². The number of carbonyl (C=O) groups excluding carboxylic acids is 1. The predicted octanol–water partition coefficient (Wildman–Crippen LogP) is 6.16. The van der Waals surface area contributed by atoms with Gasteiger partial charge in [0, 0.05) is 51.0 Å². The number of carbonyl (C=O) groups is 1. The Hall–Kier alpha value is -2.31. The van der Waals surface area contributed by atoms with Gasteiger partial charge in [-0.25, -0.2) is 0 Å². The third-order valence-corrected chi connectivity index (χ3v) is 6.00. The van der Waals surface area contributed by atoms with E-state index in [1.165, 1.54) is 0 Å². The maximum Gasteiger partial charge on any atom is 0.214 e. The molecule has 0 bridgehead atoms. The summed E-state index contributed by atoms with van der Waals surface area (Å²) in [6, 6.07) is 19.3. The maximum absolute atomic E-state index is 12.1. The van der Waals surface area contributed by atoms with E-state index in [2.05, 4.69) is 10.3 Å². The van der Waals surface area contributed by atoms with Crippen LogP contribution in [0.2, 0.25) is 10.0 Å². The van der Waals surface area contributed by atoms with Crippen molar-refractivity contribution >= 4 is 41.4 Å². The second-order valence-electron chi connectivity index (χ2n) is 6.89. The SMILES string of the molecule is C/C(Sc1cc(Cl)cc(Cl)c1)=C(/CNCc1ccncc1)N(C=O)Cc1ccccc1. The average Bonchev–Trinajstić information content (AvgIpc) is 2.76. The smallest absolute Gasteiger partial charge is 0.214 e. The number of nitrogens with one attached hydrogen (secondary N) is 1. The van der Waals surface area contributed by atoms with Crippen molar-refractivity contribution in [2.75, 3.05) is 6.54 Å². The number of halogens is 2. The van der Waals surface area contributed by atoms with Gasteiger partial charge >= 0.3 is 0 Å². The second-order valence-corrected chi connectivity index (χ2v) is 9.05. The fraction of sp³-hybridized carbons (Fsp3) is 0.167. The molecule has 3 aromatic rings. The monoisotopic (exact) mass is 471 g/mol. The summed E-state index contributed by atoms with van der Waals surface area (Å²) >= 11 is 13.9. The van der Waals surface area contributed by atoms with Gasteiger partial charge in [0.1, 0.15) is 0 Å². The zero-order valence-corrected chi connectivity index (χ0v) is 19.4. The Labute approximate surface area is 197 Å². The molecule has 2 aromatic carbocycles. The topological polar surface area (TPSA) is 45.2 Å². The minimum Gasteiger partial charge on any atom is -0.312 e. The normalized spacial score (nSPS) is 11.7. The highest BCUT2D eigenvalue weighted by atomic mass is 35.5. The first-order valence-electron chi connectivity index (χ1n) is 9.74. The summed E-state index contributed by atoms with van der Waals surface area (Å²) in [5, 5.41) is 4.60. The number of benzene rings is 2. The van der Waals surface area contributed by atoms with Gasteiger partial charge in [-0.2, -0.15) is 0 Å². The number of thioether (sulfide) groups is 1. The molecule has 0 atom stereocenters. The molecule has 0 aliphatic carbocycles. The third-order valence-electron chi connectivity index (χ3n) is 4.55. The molecule has 3 rings (SSSR count). The van der Waals surface area contributed by atoms with Crippen LogP contribution in [-0.4, -0.2) is 22.8 Å². The first-order valence-corrected chi connectivity index (χ1v) is 11.3. The maximum atomic E-state index is 12.1. The van der Waals surface area contributed by atoms with E-state index in [9.17, 15) is 4.79 Å². The van der Waals surface area contributed by atoms with Crippen LogP contribution in [0, 0.1) is 0 Å². The number of hydrogen-bond acceptors (Lipinski definition) is 4. The molecule has 0 unspecified atom stereocenters. The van der Waals surface area contributed by atoms with Crippen LogP contribution in [-0.2, 0) is 17.9 Å². The number of rotatable bonds is 10. The fourth-order valence-electron chi connectivity index (χ4n) is 3.05. The number of amides is 1. The zero-order chi connectivity index (χ0) is 22.1. The van der Waals surface area contributed by atoms with Crippen molar-refractivity contribution in [2.24, 2.45) is 0 Å². The minimum atomic E-state index is 0.491. The summed E-state index contributed by atoms with van der Waals surface area (Å²) in [6.07, 6.45) is 4.42. The zero-order valence-electron chi connectivity index (χ0n) is 17.1. The lowest BCUT2D eigenvalue weighted by Gasteiger charge is -2.24. The van der Waals surface area contributed by atoms with Gasteiger partial charge in [-0.1, -0.05) is 65.3 Å². The minimum absolute atomic E-state index is 0.491. The van der Waals surface area contributed by atoms with Crippen molar-refractivity contribution in [3.63, 3.8) is 0 Å². The van der Waals surface area contributed by atoms with E-state index < -0.39 is 0 Å². The summed E-state index contributed by atoms with van der Waals surface area (Å²) in [6.45, 7) is 3.70. The van der Waals surface area contributed by atoms with E-state index in [4.69, 9.17) is 23.2 Å². The number of pyridine rings is 1. The van der Waals surface area contributed by atoms with Gasteiger partial charge in [0.2, 0.25) is 6.41 Å². The Bertz CT molecular complexity index is 1010. The van der Waals surface area contributed by atoms with Crippen LogP contribution in [0.5, 0.6) is 0 Å². The van der Waals surface area contributed by atoms with E-state index >= 15 is 0 Å². The molecule has 1 amide bonds.